The molecule has 0 atom stereocenters. The number of ether oxygens (including phenoxy) is 1. The number of nitro groups is 1. The van der Waals surface area contributed by atoms with Crippen LogP contribution in [0.5, 0.6) is 0 Å². The summed E-state index contributed by atoms with van der Waals surface area (Å²) in [6.45, 7) is 8.17. The molecule has 6 nitrogen and oxygen atoms in total. The van der Waals surface area contributed by atoms with Crippen molar-refractivity contribution in [2.75, 3.05) is 19.8 Å². The molecule has 0 radical (unpaired) electrons. The van der Waals surface area contributed by atoms with Gasteiger partial charge in [0.05, 0.1) is 4.92 Å². The van der Waals surface area contributed by atoms with E-state index in [4.69, 9.17) is 4.74 Å². The molecule has 0 aliphatic carbocycles. The van der Waals surface area contributed by atoms with Crippen LogP contribution in [0.2, 0.25) is 0 Å². The number of benzene rings is 1. The second kappa shape index (κ2) is 6.61. The van der Waals surface area contributed by atoms with Crippen LogP contribution < -0.4 is 0 Å². The van der Waals surface area contributed by atoms with E-state index in [-0.39, 0.29) is 10.6 Å². The van der Waals surface area contributed by atoms with E-state index < -0.39 is 0 Å². The number of fused-ring (bicyclic) bond motifs is 3. The molecule has 0 spiro atoms. The molecule has 25 heavy (non-hydrogen) atoms. The molecule has 2 aliphatic rings. The lowest BCUT2D eigenvalue weighted by Crippen LogP contribution is -2.42. The summed E-state index contributed by atoms with van der Waals surface area (Å²) in [5.41, 5.74) is 3.79. The fourth-order valence-electron chi connectivity index (χ4n) is 4.27. The highest BCUT2D eigenvalue weighted by molar-refractivity contribution is 5.88. The number of hydrogen-bond acceptors (Lipinski definition) is 4. The van der Waals surface area contributed by atoms with Gasteiger partial charge >= 0.3 is 0 Å². The minimum Gasteiger partial charge on any atom is -0.381 e. The van der Waals surface area contributed by atoms with Crippen molar-refractivity contribution in [3.63, 3.8) is 0 Å². The Bertz CT molecular complexity index is 821. The average Bonchev–Trinajstić information content (AvgIpc) is 2.95. The van der Waals surface area contributed by atoms with E-state index in [9.17, 15) is 10.1 Å². The highest BCUT2D eigenvalue weighted by Gasteiger charge is 2.29. The van der Waals surface area contributed by atoms with E-state index in [1.807, 2.05) is 12.1 Å². The summed E-state index contributed by atoms with van der Waals surface area (Å²) in [4.78, 5) is 13.4. The van der Waals surface area contributed by atoms with E-state index in [2.05, 4.69) is 16.0 Å². The lowest BCUT2D eigenvalue weighted by molar-refractivity contribution is -0.384. The van der Waals surface area contributed by atoms with Gasteiger partial charge in [0, 0.05) is 74.0 Å². The van der Waals surface area contributed by atoms with Crippen LogP contribution >= 0.6 is 0 Å². The van der Waals surface area contributed by atoms with Crippen LogP contribution in [0.3, 0.4) is 0 Å². The molecular weight excluding hydrogens is 318 g/mol. The van der Waals surface area contributed by atoms with Gasteiger partial charge in [0.1, 0.15) is 0 Å². The van der Waals surface area contributed by atoms with E-state index in [0.29, 0.717) is 6.04 Å². The second-order valence-electron chi connectivity index (χ2n) is 6.85. The molecule has 0 saturated carbocycles. The Morgan fingerprint density at radius 1 is 1.36 bits per heavy atom. The number of hydrogen-bond donors (Lipinski definition) is 0. The molecule has 0 N–H and O–H groups in total. The third-order valence-electron chi connectivity index (χ3n) is 5.50. The van der Waals surface area contributed by atoms with Gasteiger partial charge in [-0.3, -0.25) is 15.0 Å². The van der Waals surface area contributed by atoms with Gasteiger partial charge in [0.2, 0.25) is 0 Å². The van der Waals surface area contributed by atoms with Crippen LogP contribution in [0.25, 0.3) is 10.9 Å². The van der Waals surface area contributed by atoms with E-state index in [1.54, 1.807) is 12.1 Å². The molecule has 2 aliphatic heterocycles. The van der Waals surface area contributed by atoms with Gasteiger partial charge < -0.3 is 9.30 Å². The van der Waals surface area contributed by atoms with Gasteiger partial charge in [0.25, 0.3) is 5.69 Å². The van der Waals surface area contributed by atoms with Crippen LogP contribution in [-0.2, 0) is 24.2 Å². The number of non-ortho nitro benzene ring substituents is 1. The maximum atomic E-state index is 11.2. The minimum atomic E-state index is -0.310. The van der Waals surface area contributed by atoms with Gasteiger partial charge in [-0.25, -0.2) is 0 Å². The maximum absolute atomic E-state index is 11.2. The number of aromatic nitrogens is 1. The SMILES string of the molecule is C=CCn1c2c(c3cc([N+](=O)[O-])ccc31)CN(C1CCOCC1)CC2. The summed E-state index contributed by atoms with van der Waals surface area (Å²) < 4.78 is 7.76. The first kappa shape index (κ1) is 16.3. The summed E-state index contributed by atoms with van der Waals surface area (Å²) in [6, 6.07) is 5.78. The van der Waals surface area contributed by atoms with Crippen molar-refractivity contribution in [2.24, 2.45) is 0 Å². The summed E-state index contributed by atoms with van der Waals surface area (Å²) in [5, 5.41) is 12.2. The molecule has 1 aromatic heterocycles. The first-order valence-corrected chi connectivity index (χ1v) is 8.90. The first-order chi connectivity index (χ1) is 12.2. The number of nitro benzene ring substituents is 1. The summed E-state index contributed by atoms with van der Waals surface area (Å²) >= 11 is 0. The number of allylic oxidation sites excluding steroid dienone is 1. The standard InChI is InChI=1S/C19H23N3O3/c1-2-8-21-18-4-3-15(22(23)24)12-16(18)17-13-20(9-5-19(17)21)14-6-10-25-11-7-14/h2-4,12,14H,1,5-11,13H2. The summed E-state index contributed by atoms with van der Waals surface area (Å²) in [7, 11) is 0. The van der Waals surface area contributed by atoms with Gasteiger partial charge in [-0.1, -0.05) is 6.08 Å². The van der Waals surface area contributed by atoms with Gasteiger partial charge in [-0.05, 0) is 24.5 Å². The Morgan fingerprint density at radius 2 is 2.16 bits per heavy atom. The van der Waals surface area contributed by atoms with Crippen LogP contribution in [0.15, 0.2) is 30.9 Å². The Hall–Kier alpha value is -2.18. The highest BCUT2D eigenvalue weighted by Crippen LogP contribution is 2.34. The molecule has 1 aromatic carbocycles. The lowest BCUT2D eigenvalue weighted by atomic mass is 9.99. The molecule has 2 aromatic rings. The molecule has 4 rings (SSSR count). The van der Waals surface area contributed by atoms with Crippen molar-refractivity contribution in [1.29, 1.82) is 0 Å². The molecule has 1 fully saturated rings. The summed E-state index contributed by atoms with van der Waals surface area (Å²) in [5.74, 6) is 0. The minimum absolute atomic E-state index is 0.161. The van der Waals surface area contributed by atoms with Crippen LogP contribution in [0, 0.1) is 10.1 Å². The quantitative estimate of drug-likeness (QED) is 0.486. The Balaban J connectivity index is 1.77. The molecule has 6 heteroatoms. The smallest absolute Gasteiger partial charge is 0.270 e. The Kier molecular flexibility index (Phi) is 4.31. The highest BCUT2D eigenvalue weighted by atomic mass is 16.6. The Morgan fingerprint density at radius 3 is 2.88 bits per heavy atom. The van der Waals surface area contributed by atoms with Crippen LogP contribution in [0.4, 0.5) is 5.69 Å². The molecule has 0 unspecified atom stereocenters. The predicted molar refractivity (Wildman–Crippen MR) is 96.7 cm³/mol. The molecule has 1 saturated heterocycles. The zero-order chi connectivity index (χ0) is 17.4. The molecule has 0 amide bonds. The van der Waals surface area contributed by atoms with E-state index >= 15 is 0 Å². The second-order valence-corrected chi connectivity index (χ2v) is 6.85. The monoisotopic (exact) mass is 341 g/mol. The largest absolute Gasteiger partial charge is 0.381 e. The molecular formula is C19H23N3O3. The van der Waals surface area contributed by atoms with E-state index in [0.717, 1.165) is 63.0 Å². The van der Waals surface area contributed by atoms with Crippen LogP contribution in [0.1, 0.15) is 24.1 Å². The van der Waals surface area contributed by atoms with Crippen molar-refractivity contribution < 1.29 is 9.66 Å². The average molecular weight is 341 g/mol. The van der Waals surface area contributed by atoms with Gasteiger partial charge in [-0.2, -0.15) is 0 Å². The third-order valence-corrected chi connectivity index (χ3v) is 5.50. The normalized spacial score (nSPS) is 19.0. The topological polar surface area (TPSA) is 60.5 Å². The lowest BCUT2D eigenvalue weighted by Gasteiger charge is -2.37. The van der Waals surface area contributed by atoms with Crippen molar-refractivity contribution in [3.8, 4) is 0 Å². The number of rotatable bonds is 4. The molecule has 132 valence electrons. The van der Waals surface area contributed by atoms with Gasteiger partial charge in [-0.15, -0.1) is 6.58 Å². The molecule has 0 bridgehead atoms. The number of nitrogens with zero attached hydrogens (tertiary/aromatic N) is 3. The van der Waals surface area contributed by atoms with Crippen molar-refractivity contribution in [1.82, 2.24) is 9.47 Å². The van der Waals surface area contributed by atoms with Crippen molar-refractivity contribution in [2.45, 2.75) is 38.4 Å². The third kappa shape index (κ3) is 2.85. The van der Waals surface area contributed by atoms with Crippen LogP contribution in [-0.4, -0.2) is 40.2 Å². The fraction of sp³-hybridized carbons (Fsp3) is 0.474. The predicted octanol–water partition coefficient (Wildman–Crippen LogP) is 3.27. The van der Waals surface area contributed by atoms with E-state index in [1.165, 1.54) is 11.3 Å². The fourth-order valence-corrected chi connectivity index (χ4v) is 4.27. The maximum Gasteiger partial charge on any atom is 0.270 e. The van der Waals surface area contributed by atoms with Gasteiger partial charge in [0.15, 0.2) is 0 Å². The van der Waals surface area contributed by atoms with Crippen molar-refractivity contribution >= 4 is 16.6 Å². The van der Waals surface area contributed by atoms with Crippen molar-refractivity contribution in [3.05, 3.63) is 52.2 Å². The zero-order valence-electron chi connectivity index (χ0n) is 14.3. The molecule has 3 heterocycles. The Labute approximate surface area is 146 Å². The zero-order valence-corrected chi connectivity index (χ0v) is 14.3. The summed E-state index contributed by atoms with van der Waals surface area (Å²) in [6.07, 6.45) is 5.01. The first-order valence-electron chi connectivity index (χ1n) is 8.90.